The fourth-order valence-electron chi connectivity index (χ4n) is 4.04. The number of carboxylic acid groups (broad SMARTS) is 1. The highest BCUT2D eigenvalue weighted by molar-refractivity contribution is 7.99. The van der Waals surface area contributed by atoms with Crippen molar-refractivity contribution < 1.29 is 9.90 Å². The number of rotatable bonds is 12. The second-order valence-electron chi connectivity index (χ2n) is 8.25. The number of carboxylic acids is 1. The van der Waals surface area contributed by atoms with E-state index < -0.39 is 5.97 Å². The smallest absolute Gasteiger partial charge is 0.303 e. The molecule has 0 fully saturated rings. The second-order valence-corrected chi connectivity index (χ2v) is 9.32. The van der Waals surface area contributed by atoms with Crippen LogP contribution in [-0.4, -0.2) is 26.4 Å². The number of para-hydroxylation sites is 1. The molecule has 0 amide bonds. The number of benzene rings is 3. The van der Waals surface area contributed by atoms with E-state index in [4.69, 9.17) is 10.1 Å². The van der Waals surface area contributed by atoms with Gasteiger partial charge in [-0.25, -0.2) is 4.98 Å². The molecule has 1 N–H and O–H groups in total. The third-order valence-electron chi connectivity index (χ3n) is 5.72. The lowest BCUT2D eigenvalue weighted by Gasteiger charge is -2.13. The fourth-order valence-corrected chi connectivity index (χ4v) is 5.06. The SMILES string of the molecule is O=C(O)CCCCCCCSc1nc(-c2ccccc2)c(-c2ccccc2)n1-c1ccccc1. The number of hydrogen-bond donors (Lipinski definition) is 1. The molecule has 0 bridgehead atoms. The lowest BCUT2D eigenvalue weighted by molar-refractivity contribution is -0.137. The number of thioether (sulfide) groups is 1. The Morgan fingerprint density at radius 1 is 0.735 bits per heavy atom. The summed E-state index contributed by atoms with van der Waals surface area (Å²) in [5.41, 5.74) is 5.45. The molecule has 4 nitrogen and oxygen atoms in total. The van der Waals surface area contributed by atoms with Crippen molar-refractivity contribution in [2.75, 3.05) is 5.75 Å². The summed E-state index contributed by atoms with van der Waals surface area (Å²) in [4.78, 5) is 15.8. The van der Waals surface area contributed by atoms with E-state index >= 15 is 0 Å². The molecule has 4 aromatic rings. The highest BCUT2D eigenvalue weighted by atomic mass is 32.2. The maximum Gasteiger partial charge on any atom is 0.303 e. The van der Waals surface area contributed by atoms with Gasteiger partial charge in [-0.15, -0.1) is 0 Å². The van der Waals surface area contributed by atoms with Gasteiger partial charge in [0, 0.05) is 29.0 Å². The molecule has 34 heavy (non-hydrogen) atoms. The zero-order chi connectivity index (χ0) is 23.6. The van der Waals surface area contributed by atoms with Crippen molar-refractivity contribution in [1.82, 2.24) is 9.55 Å². The van der Waals surface area contributed by atoms with Gasteiger partial charge < -0.3 is 5.11 Å². The molecule has 0 saturated heterocycles. The molecule has 4 rings (SSSR count). The van der Waals surface area contributed by atoms with Crippen molar-refractivity contribution in [3.8, 4) is 28.2 Å². The molecule has 174 valence electrons. The quantitative estimate of drug-likeness (QED) is 0.170. The van der Waals surface area contributed by atoms with Crippen LogP contribution in [-0.2, 0) is 4.79 Å². The Bertz CT molecular complexity index is 1180. The predicted molar refractivity (Wildman–Crippen MR) is 140 cm³/mol. The van der Waals surface area contributed by atoms with Crippen molar-refractivity contribution >= 4 is 17.7 Å². The van der Waals surface area contributed by atoms with Gasteiger partial charge >= 0.3 is 5.97 Å². The highest BCUT2D eigenvalue weighted by Gasteiger charge is 2.21. The maximum atomic E-state index is 10.7. The molecule has 0 spiro atoms. The van der Waals surface area contributed by atoms with E-state index in [9.17, 15) is 4.79 Å². The van der Waals surface area contributed by atoms with Gasteiger partial charge in [0.1, 0.15) is 0 Å². The minimum absolute atomic E-state index is 0.272. The van der Waals surface area contributed by atoms with Crippen LogP contribution in [0, 0.1) is 0 Å². The minimum atomic E-state index is -0.702. The van der Waals surface area contributed by atoms with Crippen LogP contribution in [0.2, 0.25) is 0 Å². The lowest BCUT2D eigenvalue weighted by atomic mass is 10.0. The number of carbonyl (C=O) groups is 1. The molecule has 0 saturated carbocycles. The van der Waals surface area contributed by atoms with Crippen LogP contribution in [0.25, 0.3) is 28.2 Å². The van der Waals surface area contributed by atoms with Crippen LogP contribution in [0.4, 0.5) is 0 Å². The van der Waals surface area contributed by atoms with Gasteiger partial charge in [-0.1, -0.05) is 110 Å². The zero-order valence-electron chi connectivity index (χ0n) is 19.3. The molecule has 3 aromatic carbocycles. The van der Waals surface area contributed by atoms with Crippen molar-refractivity contribution in [3.05, 3.63) is 91.0 Å². The molecular weight excluding hydrogens is 440 g/mol. The van der Waals surface area contributed by atoms with Crippen LogP contribution < -0.4 is 0 Å². The van der Waals surface area contributed by atoms with E-state index in [1.807, 2.05) is 18.2 Å². The molecule has 1 heterocycles. The zero-order valence-corrected chi connectivity index (χ0v) is 20.1. The summed E-state index contributed by atoms with van der Waals surface area (Å²) in [6.07, 6.45) is 5.28. The van der Waals surface area contributed by atoms with E-state index in [2.05, 4.69) is 77.4 Å². The number of nitrogens with zero attached hydrogens (tertiary/aromatic N) is 2. The second kappa shape index (κ2) is 12.2. The minimum Gasteiger partial charge on any atom is -0.481 e. The van der Waals surface area contributed by atoms with Gasteiger partial charge in [-0.3, -0.25) is 9.36 Å². The van der Waals surface area contributed by atoms with Gasteiger partial charge in [0.25, 0.3) is 0 Å². The van der Waals surface area contributed by atoms with Crippen LogP contribution in [0.3, 0.4) is 0 Å². The molecule has 0 aliphatic rings. The Morgan fingerprint density at radius 2 is 1.29 bits per heavy atom. The van der Waals surface area contributed by atoms with Gasteiger partial charge in [-0.2, -0.15) is 0 Å². The third kappa shape index (κ3) is 6.17. The summed E-state index contributed by atoms with van der Waals surface area (Å²) < 4.78 is 2.29. The molecule has 0 radical (unpaired) electrons. The maximum absolute atomic E-state index is 10.7. The Labute approximate surface area is 205 Å². The average molecular weight is 471 g/mol. The molecule has 5 heteroatoms. The van der Waals surface area contributed by atoms with Gasteiger partial charge in [0.05, 0.1) is 11.4 Å². The molecule has 0 atom stereocenters. The number of imidazole rings is 1. The first-order valence-electron chi connectivity index (χ1n) is 11.9. The van der Waals surface area contributed by atoms with E-state index in [1.54, 1.807) is 11.8 Å². The van der Waals surface area contributed by atoms with E-state index in [0.29, 0.717) is 0 Å². The van der Waals surface area contributed by atoms with Crippen molar-refractivity contribution in [3.63, 3.8) is 0 Å². The Balaban J connectivity index is 1.61. The molecule has 0 aliphatic heterocycles. The largest absolute Gasteiger partial charge is 0.481 e. The molecule has 0 unspecified atom stereocenters. The molecule has 1 aromatic heterocycles. The standard InChI is InChI=1S/C29H30N2O2S/c32-26(33)21-13-2-1-3-14-22-34-29-30-27(23-15-7-4-8-16-23)28(24-17-9-5-10-18-24)31(29)25-19-11-6-12-20-25/h4-12,15-20H,1-3,13-14,21-22H2,(H,32,33). The van der Waals surface area contributed by atoms with E-state index in [1.165, 1.54) is 0 Å². The average Bonchev–Trinajstić information content (AvgIpc) is 3.26. The van der Waals surface area contributed by atoms with Crippen LogP contribution in [0.15, 0.2) is 96.2 Å². The van der Waals surface area contributed by atoms with Gasteiger partial charge in [0.2, 0.25) is 0 Å². The first-order chi connectivity index (χ1) is 16.7. The third-order valence-corrected chi connectivity index (χ3v) is 6.75. The summed E-state index contributed by atoms with van der Waals surface area (Å²) >= 11 is 1.79. The fraction of sp³-hybridized carbons (Fsp3) is 0.241. The van der Waals surface area contributed by atoms with Crippen LogP contribution in [0.5, 0.6) is 0 Å². The first kappa shape index (κ1) is 23.8. The molecular formula is C29H30N2O2S. The van der Waals surface area contributed by atoms with Gasteiger partial charge in [-0.05, 0) is 25.0 Å². The summed E-state index contributed by atoms with van der Waals surface area (Å²) in [6.45, 7) is 0. The molecule has 0 aliphatic carbocycles. The number of hydrogen-bond acceptors (Lipinski definition) is 3. The van der Waals surface area contributed by atoms with E-state index in [-0.39, 0.29) is 6.42 Å². The predicted octanol–water partition coefficient (Wildman–Crippen LogP) is 7.72. The lowest BCUT2D eigenvalue weighted by Crippen LogP contribution is -2.00. The van der Waals surface area contributed by atoms with Crippen molar-refractivity contribution in [1.29, 1.82) is 0 Å². The number of unbranched alkanes of at least 4 members (excludes halogenated alkanes) is 4. The first-order valence-corrected chi connectivity index (χ1v) is 12.9. The summed E-state index contributed by atoms with van der Waals surface area (Å²) in [5.74, 6) is 0.275. The number of aromatic nitrogens is 2. The summed E-state index contributed by atoms with van der Waals surface area (Å²) in [6, 6.07) is 31.3. The Kier molecular flexibility index (Phi) is 8.58. The topological polar surface area (TPSA) is 55.1 Å². The van der Waals surface area contributed by atoms with Gasteiger partial charge in [0.15, 0.2) is 5.16 Å². The van der Waals surface area contributed by atoms with Crippen molar-refractivity contribution in [2.45, 2.75) is 43.7 Å². The Morgan fingerprint density at radius 3 is 1.94 bits per heavy atom. The van der Waals surface area contributed by atoms with E-state index in [0.717, 1.165) is 71.2 Å². The summed E-state index contributed by atoms with van der Waals surface area (Å²) in [5, 5.41) is 9.77. The Hall–Kier alpha value is -3.31. The normalized spacial score (nSPS) is 10.9. The highest BCUT2D eigenvalue weighted by Crippen LogP contribution is 2.38. The summed E-state index contributed by atoms with van der Waals surface area (Å²) in [7, 11) is 0. The van der Waals surface area contributed by atoms with Crippen LogP contribution >= 0.6 is 11.8 Å². The van der Waals surface area contributed by atoms with Crippen molar-refractivity contribution in [2.24, 2.45) is 0 Å². The monoisotopic (exact) mass is 470 g/mol. The van der Waals surface area contributed by atoms with Crippen LogP contribution in [0.1, 0.15) is 38.5 Å². The number of aliphatic carboxylic acids is 1.